The van der Waals surface area contributed by atoms with Crippen LogP contribution in [-0.4, -0.2) is 36.0 Å². The van der Waals surface area contributed by atoms with Gasteiger partial charge in [0, 0.05) is 24.4 Å². The summed E-state index contributed by atoms with van der Waals surface area (Å²) in [5.41, 5.74) is 0.00577. The summed E-state index contributed by atoms with van der Waals surface area (Å²) in [4.78, 5) is 12.7. The largest absolute Gasteiger partial charge is 0.469 e. The van der Waals surface area contributed by atoms with Crippen molar-refractivity contribution in [2.75, 3.05) is 13.7 Å². The number of hydrogen-bond acceptors (Lipinski definition) is 5. The third kappa shape index (κ3) is 2.19. The molecule has 1 aromatic heterocycles. The van der Waals surface area contributed by atoms with E-state index < -0.39 is 16.9 Å². The average molecular weight is 362 g/mol. The molecular weight excluding hydrogens is 332 g/mol. The molecule has 0 spiro atoms. The Bertz CT molecular complexity index is 696. The van der Waals surface area contributed by atoms with Crippen molar-refractivity contribution in [3.05, 3.63) is 23.7 Å². The molecule has 2 N–H and O–H groups in total. The van der Waals surface area contributed by atoms with Gasteiger partial charge in [-0.3, -0.25) is 4.79 Å². The van der Waals surface area contributed by atoms with Gasteiger partial charge in [-0.2, -0.15) is 0 Å². The molecule has 5 nitrogen and oxygen atoms in total. The number of hydrogen-bond donors (Lipinski definition) is 2. The molecule has 0 saturated heterocycles. The fraction of sp³-hybridized carbons (Fsp3) is 0.762. The van der Waals surface area contributed by atoms with Crippen LogP contribution in [0.4, 0.5) is 0 Å². The molecule has 3 aliphatic carbocycles. The normalized spacial score (nSPS) is 44.6. The van der Waals surface area contributed by atoms with Crippen molar-refractivity contribution in [2.45, 2.75) is 58.0 Å². The monoisotopic (exact) mass is 362 g/mol. The quantitative estimate of drug-likeness (QED) is 0.791. The lowest BCUT2D eigenvalue weighted by Crippen LogP contribution is -2.64. The van der Waals surface area contributed by atoms with Crippen molar-refractivity contribution in [1.82, 2.24) is 0 Å². The highest BCUT2D eigenvalue weighted by molar-refractivity contribution is 5.77. The summed E-state index contributed by atoms with van der Waals surface area (Å²) in [5, 5.41) is 21.8. The Balaban J connectivity index is 1.82. The number of ether oxygens (including phenoxy) is 1. The summed E-state index contributed by atoms with van der Waals surface area (Å²) in [6.45, 7) is 4.11. The van der Waals surface area contributed by atoms with Gasteiger partial charge >= 0.3 is 5.97 Å². The Kier molecular flexibility index (Phi) is 4.23. The minimum Gasteiger partial charge on any atom is -0.469 e. The highest BCUT2D eigenvalue weighted by Crippen LogP contribution is 2.65. The van der Waals surface area contributed by atoms with Gasteiger partial charge in [-0.25, -0.2) is 0 Å². The van der Waals surface area contributed by atoms with E-state index in [1.54, 1.807) is 6.26 Å². The molecule has 1 aromatic rings. The number of furan rings is 1. The van der Waals surface area contributed by atoms with Crippen LogP contribution in [0, 0.1) is 28.6 Å². The van der Waals surface area contributed by atoms with E-state index in [4.69, 9.17) is 9.15 Å². The van der Waals surface area contributed by atoms with Crippen LogP contribution in [0.1, 0.15) is 56.8 Å². The third-order valence-electron chi connectivity index (χ3n) is 8.06. The summed E-state index contributed by atoms with van der Waals surface area (Å²) in [5.74, 6) is 1.24. The van der Waals surface area contributed by atoms with Crippen molar-refractivity contribution in [2.24, 2.45) is 28.6 Å². The van der Waals surface area contributed by atoms with E-state index in [-0.39, 0.29) is 30.3 Å². The van der Waals surface area contributed by atoms with Crippen LogP contribution < -0.4 is 0 Å². The molecule has 7 atom stereocenters. The summed E-state index contributed by atoms with van der Waals surface area (Å²) >= 11 is 0. The summed E-state index contributed by atoms with van der Waals surface area (Å²) in [6, 6.07) is 2.04. The summed E-state index contributed by atoms with van der Waals surface area (Å²) < 4.78 is 10.9. The molecule has 5 heteroatoms. The van der Waals surface area contributed by atoms with E-state index in [1.807, 2.05) is 13.0 Å². The van der Waals surface area contributed by atoms with Crippen LogP contribution in [0.3, 0.4) is 0 Å². The molecule has 2 fully saturated rings. The van der Waals surface area contributed by atoms with Crippen LogP contribution in [-0.2, 0) is 16.0 Å². The van der Waals surface area contributed by atoms with Gasteiger partial charge in [0.05, 0.1) is 24.9 Å². The number of carbonyl (C=O) groups excluding carboxylic acids is 1. The first-order valence-electron chi connectivity index (χ1n) is 9.82. The van der Waals surface area contributed by atoms with E-state index in [0.717, 1.165) is 25.0 Å². The second-order valence-electron chi connectivity index (χ2n) is 9.00. The summed E-state index contributed by atoms with van der Waals surface area (Å²) in [7, 11) is 1.42. The molecule has 2 saturated carbocycles. The molecule has 26 heavy (non-hydrogen) atoms. The maximum atomic E-state index is 12.7. The predicted octanol–water partition coefficient (Wildman–Crippen LogP) is 2.89. The number of rotatable bonds is 2. The molecule has 0 amide bonds. The number of esters is 1. The van der Waals surface area contributed by atoms with Crippen molar-refractivity contribution in [3.8, 4) is 0 Å². The number of aliphatic hydroxyl groups is 2. The second-order valence-corrected chi connectivity index (χ2v) is 9.00. The minimum atomic E-state index is -0.757. The zero-order chi connectivity index (χ0) is 18.7. The first-order chi connectivity index (χ1) is 12.4. The van der Waals surface area contributed by atoms with Crippen LogP contribution in [0.2, 0.25) is 0 Å². The van der Waals surface area contributed by atoms with Gasteiger partial charge < -0.3 is 19.4 Å². The van der Waals surface area contributed by atoms with E-state index >= 15 is 0 Å². The second kappa shape index (κ2) is 6.10. The maximum Gasteiger partial charge on any atom is 0.311 e. The molecule has 0 radical (unpaired) electrons. The molecule has 0 aromatic carbocycles. The molecule has 0 bridgehead atoms. The van der Waals surface area contributed by atoms with Crippen LogP contribution >= 0.6 is 0 Å². The van der Waals surface area contributed by atoms with E-state index in [2.05, 4.69) is 6.92 Å². The fourth-order valence-electron chi connectivity index (χ4n) is 6.98. The lowest BCUT2D eigenvalue weighted by atomic mass is 9.42. The Labute approximate surface area is 154 Å². The molecule has 1 heterocycles. The average Bonchev–Trinajstić information content (AvgIpc) is 3.11. The molecule has 144 valence electrons. The standard InChI is InChI=1S/C21H30O5/c1-12-13-5-8-26-17(13)10-15-14(12)9-16(23)18-20(2,19(24)25-3)6-4-7-21(15,18)11-22/h5,8,12,14-16,18,22-23H,4,6-7,9-11H2,1-3H3. The van der Waals surface area contributed by atoms with Crippen LogP contribution in [0.15, 0.2) is 16.7 Å². The molecular formula is C21H30O5. The van der Waals surface area contributed by atoms with E-state index in [9.17, 15) is 15.0 Å². The number of methoxy groups -OCH3 is 1. The minimum absolute atomic E-state index is 0.00869. The van der Waals surface area contributed by atoms with Crippen LogP contribution in [0.25, 0.3) is 0 Å². The van der Waals surface area contributed by atoms with Crippen molar-refractivity contribution >= 4 is 5.97 Å². The fourth-order valence-corrected chi connectivity index (χ4v) is 6.98. The topological polar surface area (TPSA) is 79.9 Å². The van der Waals surface area contributed by atoms with Crippen molar-refractivity contribution in [3.63, 3.8) is 0 Å². The number of carbonyl (C=O) groups is 1. The predicted molar refractivity (Wildman–Crippen MR) is 95.4 cm³/mol. The highest BCUT2D eigenvalue weighted by Gasteiger charge is 2.65. The Morgan fingerprint density at radius 2 is 2.19 bits per heavy atom. The molecule has 7 unspecified atom stereocenters. The number of fused-ring (bicyclic) bond motifs is 4. The highest BCUT2D eigenvalue weighted by atomic mass is 16.5. The van der Waals surface area contributed by atoms with Gasteiger partial charge in [-0.15, -0.1) is 0 Å². The molecule has 3 aliphatic rings. The van der Waals surface area contributed by atoms with Gasteiger partial charge in [-0.05, 0) is 55.6 Å². The van der Waals surface area contributed by atoms with Crippen molar-refractivity contribution < 1.29 is 24.2 Å². The summed E-state index contributed by atoms with van der Waals surface area (Å²) in [6.07, 6.45) is 4.97. The van der Waals surface area contributed by atoms with Gasteiger partial charge in [0.1, 0.15) is 5.76 Å². The van der Waals surface area contributed by atoms with Gasteiger partial charge in [0.15, 0.2) is 0 Å². The van der Waals surface area contributed by atoms with E-state index in [0.29, 0.717) is 18.8 Å². The first-order valence-corrected chi connectivity index (χ1v) is 9.82. The number of aliphatic hydroxyl groups excluding tert-OH is 2. The van der Waals surface area contributed by atoms with Gasteiger partial charge in [0.25, 0.3) is 0 Å². The third-order valence-corrected chi connectivity index (χ3v) is 8.06. The molecule has 4 rings (SSSR count). The Morgan fingerprint density at radius 3 is 2.88 bits per heavy atom. The lowest BCUT2D eigenvalue weighted by Gasteiger charge is -2.62. The zero-order valence-corrected chi connectivity index (χ0v) is 15.9. The smallest absolute Gasteiger partial charge is 0.311 e. The zero-order valence-electron chi connectivity index (χ0n) is 15.9. The van der Waals surface area contributed by atoms with Gasteiger partial charge in [0.2, 0.25) is 0 Å². The van der Waals surface area contributed by atoms with Crippen LogP contribution in [0.5, 0.6) is 0 Å². The Hall–Kier alpha value is -1.33. The Morgan fingerprint density at radius 1 is 1.42 bits per heavy atom. The van der Waals surface area contributed by atoms with Crippen molar-refractivity contribution in [1.29, 1.82) is 0 Å². The molecule has 0 aliphatic heterocycles. The SMILES string of the molecule is COC(=O)C1(C)CCCC2(CO)C3Cc4occc4C(C)C3CC(O)C12. The van der Waals surface area contributed by atoms with E-state index in [1.165, 1.54) is 12.7 Å². The maximum absolute atomic E-state index is 12.7. The van der Waals surface area contributed by atoms with Gasteiger partial charge in [-0.1, -0.05) is 13.3 Å². The lowest BCUT2D eigenvalue weighted by molar-refractivity contribution is -0.209. The first kappa shape index (κ1) is 18.1.